The van der Waals surface area contributed by atoms with Gasteiger partial charge in [0.2, 0.25) is 6.41 Å². The Kier molecular flexibility index (Phi) is 3.43. The van der Waals surface area contributed by atoms with E-state index in [-0.39, 0.29) is 6.04 Å². The van der Waals surface area contributed by atoms with Crippen LogP contribution in [0.25, 0.3) is 0 Å². The van der Waals surface area contributed by atoms with Gasteiger partial charge >= 0.3 is 0 Å². The molecule has 1 rings (SSSR count). The summed E-state index contributed by atoms with van der Waals surface area (Å²) in [7, 11) is 1.79. The molecule has 0 radical (unpaired) electrons. The lowest BCUT2D eigenvalue weighted by molar-refractivity contribution is -0.119. The minimum absolute atomic E-state index is 0.145. The third kappa shape index (κ3) is 2.28. The van der Waals surface area contributed by atoms with Crippen molar-refractivity contribution in [3.8, 4) is 0 Å². The molecule has 0 aliphatic heterocycles. The molecule has 0 fully saturated rings. The van der Waals surface area contributed by atoms with Crippen LogP contribution >= 0.6 is 0 Å². The summed E-state index contributed by atoms with van der Waals surface area (Å²) < 4.78 is 0. The summed E-state index contributed by atoms with van der Waals surface area (Å²) in [5, 5.41) is 0. The Bertz CT molecular complexity index is 261. The molecule has 1 aromatic rings. The molecule has 0 bridgehead atoms. The molecule has 3 heteroatoms. The van der Waals surface area contributed by atoms with Gasteiger partial charge in [-0.3, -0.25) is 9.78 Å². The Morgan fingerprint density at radius 1 is 1.69 bits per heavy atom. The number of hydrogen-bond acceptors (Lipinski definition) is 2. The van der Waals surface area contributed by atoms with Gasteiger partial charge in [0.1, 0.15) is 0 Å². The van der Waals surface area contributed by atoms with E-state index >= 15 is 0 Å². The van der Waals surface area contributed by atoms with E-state index in [9.17, 15) is 4.79 Å². The first-order valence-corrected chi connectivity index (χ1v) is 4.36. The second kappa shape index (κ2) is 4.60. The average molecular weight is 178 g/mol. The van der Waals surface area contributed by atoms with Gasteiger partial charge < -0.3 is 4.90 Å². The first kappa shape index (κ1) is 9.71. The van der Waals surface area contributed by atoms with Gasteiger partial charge in [0.05, 0.1) is 6.04 Å². The average Bonchev–Trinajstić information content (AvgIpc) is 2.20. The molecule has 0 aliphatic carbocycles. The first-order valence-electron chi connectivity index (χ1n) is 4.36. The Morgan fingerprint density at radius 3 is 2.92 bits per heavy atom. The van der Waals surface area contributed by atoms with Gasteiger partial charge in [0.25, 0.3) is 0 Å². The molecule has 0 saturated carbocycles. The maximum atomic E-state index is 10.6. The predicted molar refractivity (Wildman–Crippen MR) is 51.1 cm³/mol. The van der Waals surface area contributed by atoms with Crippen LogP contribution in [-0.4, -0.2) is 23.3 Å². The lowest BCUT2D eigenvalue weighted by Gasteiger charge is -2.22. The molecule has 70 valence electrons. The highest BCUT2D eigenvalue weighted by Gasteiger charge is 2.12. The lowest BCUT2D eigenvalue weighted by atomic mass is 10.1. The van der Waals surface area contributed by atoms with Gasteiger partial charge in [-0.1, -0.05) is 13.0 Å². The molecule has 1 heterocycles. The summed E-state index contributed by atoms with van der Waals surface area (Å²) in [6, 6.07) is 4.02. The van der Waals surface area contributed by atoms with Crippen molar-refractivity contribution in [3.63, 3.8) is 0 Å². The van der Waals surface area contributed by atoms with Crippen LogP contribution in [0.5, 0.6) is 0 Å². The van der Waals surface area contributed by atoms with Crippen LogP contribution < -0.4 is 0 Å². The van der Waals surface area contributed by atoms with E-state index < -0.39 is 0 Å². The van der Waals surface area contributed by atoms with Crippen molar-refractivity contribution >= 4 is 6.41 Å². The summed E-state index contributed by atoms with van der Waals surface area (Å²) in [4.78, 5) is 16.3. The molecule has 0 spiro atoms. The molecule has 1 aromatic heterocycles. The van der Waals surface area contributed by atoms with Crippen LogP contribution in [0.15, 0.2) is 24.5 Å². The molecule has 1 atom stereocenters. The lowest BCUT2D eigenvalue weighted by Crippen LogP contribution is -2.22. The van der Waals surface area contributed by atoms with Gasteiger partial charge in [-0.25, -0.2) is 0 Å². The second-order valence-corrected chi connectivity index (χ2v) is 2.98. The van der Waals surface area contributed by atoms with Crippen LogP contribution in [-0.2, 0) is 4.79 Å². The zero-order valence-electron chi connectivity index (χ0n) is 7.97. The summed E-state index contributed by atoms with van der Waals surface area (Å²) in [6.45, 7) is 2.05. The number of nitrogens with zero attached hydrogens (tertiary/aromatic N) is 2. The Hall–Kier alpha value is -1.38. The van der Waals surface area contributed by atoms with Gasteiger partial charge in [0, 0.05) is 19.4 Å². The van der Waals surface area contributed by atoms with Gasteiger partial charge in [-0.05, 0) is 18.1 Å². The number of rotatable bonds is 4. The fraction of sp³-hybridized carbons (Fsp3) is 0.400. The van der Waals surface area contributed by atoms with Crippen LogP contribution in [0.2, 0.25) is 0 Å². The molecule has 1 unspecified atom stereocenters. The van der Waals surface area contributed by atoms with Crippen molar-refractivity contribution in [1.82, 2.24) is 9.88 Å². The number of aromatic nitrogens is 1. The number of carbonyl (C=O) groups is 1. The molecule has 13 heavy (non-hydrogen) atoms. The summed E-state index contributed by atoms with van der Waals surface area (Å²) in [5.41, 5.74) is 1.08. The highest BCUT2D eigenvalue weighted by Crippen LogP contribution is 2.19. The second-order valence-electron chi connectivity index (χ2n) is 2.98. The first-order chi connectivity index (χ1) is 6.29. The van der Waals surface area contributed by atoms with Crippen LogP contribution in [0.1, 0.15) is 24.9 Å². The smallest absolute Gasteiger partial charge is 0.209 e. The molecule has 0 aromatic carbocycles. The fourth-order valence-corrected chi connectivity index (χ4v) is 1.41. The molecule has 0 aliphatic rings. The monoisotopic (exact) mass is 178 g/mol. The summed E-state index contributed by atoms with van der Waals surface area (Å²) in [6.07, 6.45) is 5.29. The van der Waals surface area contributed by atoms with Crippen molar-refractivity contribution in [3.05, 3.63) is 30.1 Å². The van der Waals surface area contributed by atoms with Crippen LogP contribution in [0, 0.1) is 0 Å². The Morgan fingerprint density at radius 2 is 2.46 bits per heavy atom. The van der Waals surface area contributed by atoms with Crippen LogP contribution in [0.4, 0.5) is 0 Å². The minimum atomic E-state index is 0.145. The molecule has 0 N–H and O–H groups in total. The Labute approximate surface area is 78.4 Å². The molecule has 0 saturated heterocycles. The maximum Gasteiger partial charge on any atom is 0.209 e. The van der Waals surface area contributed by atoms with E-state index in [1.165, 1.54) is 0 Å². The van der Waals surface area contributed by atoms with E-state index in [1.807, 2.05) is 12.1 Å². The number of carbonyl (C=O) groups excluding carboxylic acids is 1. The predicted octanol–water partition coefficient (Wildman–Crippen LogP) is 1.62. The van der Waals surface area contributed by atoms with E-state index in [0.29, 0.717) is 0 Å². The number of pyridine rings is 1. The zero-order chi connectivity index (χ0) is 9.68. The van der Waals surface area contributed by atoms with Gasteiger partial charge in [-0.2, -0.15) is 0 Å². The zero-order valence-corrected chi connectivity index (χ0v) is 7.97. The SMILES string of the molecule is CCC(c1cccnc1)N(C)C=O. The van der Waals surface area contributed by atoms with Crippen molar-refractivity contribution in [2.45, 2.75) is 19.4 Å². The highest BCUT2D eigenvalue weighted by molar-refractivity contribution is 5.47. The Balaban J connectivity index is 2.84. The quantitative estimate of drug-likeness (QED) is 0.656. The molecule has 1 amide bonds. The summed E-state index contributed by atoms with van der Waals surface area (Å²) >= 11 is 0. The number of hydrogen-bond donors (Lipinski definition) is 0. The number of amides is 1. The largest absolute Gasteiger partial charge is 0.341 e. The third-order valence-electron chi connectivity index (χ3n) is 2.11. The van der Waals surface area contributed by atoms with E-state index in [2.05, 4.69) is 11.9 Å². The van der Waals surface area contributed by atoms with Gasteiger partial charge in [0.15, 0.2) is 0 Å². The van der Waals surface area contributed by atoms with E-state index in [4.69, 9.17) is 0 Å². The normalized spacial score (nSPS) is 12.2. The molecular weight excluding hydrogens is 164 g/mol. The molecular formula is C10H14N2O. The third-order valence-corrected chi connectivity index (χ3v) is 2.11. The van der Waals surface area contributed by atoms with Crippen molar-refractivity contribution in [1.29, 1.82) is 0 Å². The van der Waals surface area contributed by atoms with Crippen molar-refractivity contribution in [2.75, 3.05) is 7.05 Å². The van der Waals surface area contributed by atoms with E-state index in [0.717, 1.165) is 18.4 Å². The summed E-state index contributed by atoms with van der Waals surface area (Å²) in [5.74, 6) is 0. The topological polar surface area (TPSA) is 33.2 Å². The van der Waals surface area contributed by atoms with Gasteiger partial charge in [-0.15, -0.1) is 0 Å². The highest BCUT2D eigenvalue weighted by atomic mass is 16.1. The van der Waals surface area contributed by atoms with Crippen molar-refractivity contribution in [2.24, 2.45) is 0 Å². The standard InChI is InChI=1S/C10H14N2O/c1-3-10(12(2)8-13)9-5-4-6-11-7-9/h4-8,10H,3H2,1-2H3. The van der Waals surface area contributed by atoms with Crippen molar-refractivity contribution < 1.29 is 4.79 Å². The van der Waals surface area contributed by atoms with E-state index in [1.54, 1.807) is 24.3 Å². The minimum Gasteiger partial charge on any atom is -0.341 e. The molecule has 3 nitrogen and oxygen atoms in total. The van der Waals surface area contributed by atoms with Crippen LogP contribution in [0.3, 0.4) is 0 Å². The maximum absolute atomic E-state index is 10.6. The fourth-order valence-electron chi connectivity index (χ4n) is 1.41.